The van der Waals surface area contributed by atoms with Gasteiger partial charge in [-0.05, 0) is 48.5 Å². The summed E-state index contributed by atoms with van der Waals surface area (Å²) in [6.45, 7) is 12.7. The number of sulfonamides is 1. The van der Waals surface area contributed by atoms with Crippen molar-refractivity contribution in [3.05, 3.63) is 58.1 Å². The molecule has 2 aromatic rings. The van der Waals surface area contributed by atoms with Gasteiger partial charge in [-0.2, -0.15) is 9.57 Å². The van der Waals surface area contributed by atoms with E-state index in [9.17, 15) is 13.2 Å². The van der Waals surface area contributed by atoms with Crippen LogP contribution in [-0.4, -0.2) is 69.6 Å². The van der Waals surface area contributed by atoms with Crippen molar-refractivity contribution in [2.45, 2.75) is 38.9 Å². The van der Waals surface area contributed by atoms with Gasteiger partial charge in [0.1, 0.15) is 0 Å². The molecule has 0 bridgehead atoms. The van der Waals surface area contributed by atoms with Crippen LogP contribution in [0.4, 0.5) is 5.82 Å². The minimum absolute atomic E-state index is 0.100. The largest absolute Gasteiger partial charge is 0.413 e. The van der Waals surface area contributed by atoms with Gasteiger partial charge in [0.05, 0.1) is 30.2 Å². The van der Waals surface area contributed by atoms with Crippen LogP contribution in [0.15, 0.2) is 41.3 Å². The standard InChI is InChI=1S/C25H35N5O4SSi/c1-25(2,3)36(5,6)34-17-7-8-21-19-30(22-11-9-20(18-26)10-12-22)24(31)23(27-21)28-13-15-29(16-14-28)35(4,32)33/h7-12,19H,13-17H2,1-6H3/b8-7+. The van der Waals surface area contributed by atoms with Crippen LogP contribution in [0.2, 0.25) is 18.1 Å². The van der Waals surface area contributed by atoms with Gasteiger partial charge in [-0.3, -0.25) is 9.36 Å². The van der Waals surface area contributed by atoms with E-state index in [0.29, 0.717) is 36.6 Å². The van der Waals surface area contributed by atoms with E-state index in [1.807, 2.05) is 17.1 Å². The normalized spacial score (nSPS) is 15.9. The minimum Gasteiger partial charge on any atom is -0.413 e. The first-order chi connectivity index (χ1) is 16.7. The van der Waals surface area contributed by atoms with E-state index < -0.39 is 18.3 Å². The summed E-state index contributed by atoms with van der Waals surface area (Å²) in [6.07, 6.45) is 6.60. The fraction of sp³-hybridized carbons (Fsp3) is 0.480. The Balaban J connectivity index is 1.94. The summed E-state index contributed by atoms with van der Waals surface area (Å²) in [7, 11) is -5.19. The molecular weight excluding hydrogens is 494 g/mol. The molecule has 0 unspecified atom stereocenters. The molecule has 1 aliphatic rings. The molecule has 0 N–H and O–H groups in total. The zero-order chi connectivity index (χ0) is 26.7. The van der Waals surface area contributed by atoms with Gasteiger partial charge < -0.3 is 9.33 Å². The minimum atomic E-state index is -3.29. The summed E-state index contributed by atoms with van der Waals surface area (Å²) < 4.78 is 33.0. The van der Waals surface area contributed by atoms with E-state index in [2.05, 4.69) is 44.9 Å². The van der Waals surface area contributed by atoms with E-state index in [0.717, 1.165) is 0 Å². The Morgan fingerprint density at radius 2 is 1.75 bits per heavy atom. The van der Waals surface area contributed by atoms with Gasteiger partial charge in [0.2, 0.25) is 10.0 Å². The lowest BCUT2D eigenvalue weighted by atomic mass is 10.2. The highest BCUT2D eigenvalue weighted by molar-refractivity contribution is 7.88. The van der Waals surface area contributed by atoms with Crippen LogP contribution in [0.1, 0.15) is 32.0 Å². The Kier molecular flexibility index (Phi) is 8.25. The number of aromatic nitrogens is 2. The molecular formula is C25H35N5O4SSi. The van der Waals surface area contributed by atoms with Crippen LogP contribution in [0.25, 0.3) is 11.8 Å². The monoisotopic (exact) mass is 529 g/mol. The van der Waals surface area contributed by atoms with Crippen molar-refractivity contribution >= 4 is 30.2 Å². The summed E-state index contributed by atoms with van der Waals surface area (Å²) >= 11 is 0. The SMILES string of the molecule is CC(C)(C)[Si](C)(C)OC/C=C/c1cn(-c2ccc(C#N)cc2)c(=O)c(N2CCN(S(C)(=O)=O)CC2)n1. The second-order valence-corrected chi connectivity index (χ2v) is 17.2. The van der Waals surface area contributed by atoms with Crippen LogP contribution >= 0.6 is 0 Å². The first kappa shape index (κ1) is 27.8. The number of nitrogens with zero attached hydrogens (tertiary/aromatic N) is 5. The van der Waals surface area contributed by atoms with E-state index in [1.165, 1.54) is 15.1 Å². The van der Waals surface area contributed by atoms with Gasteiger partial charge >= 0.3 is 0 Å². The van der Waals surface area contributed by atoms with Crippen LogP contribution in [0.5, 0.6) is 0 Å². The number of rotatable bonds is 7. The lowest BCUT2D eigenvalue weighted by molar-refractivity contribution is 0.328. The zero-order valence-electron chi connectivity index (χ0n) is 21.9. The number of hydrogen-bond acceptors (Lipinski definition) is 7. The quantitative estimate of drug-likeness (QED) is 0.507. The highest BCUT2D eigenvalue weighted by Crippen LogP contribution is 2.36. The second-order valence-electron chi connectivity index (χ2n) is 10.4. The number of hydrogen-bond donors (Lipinski definition) is 0. The van der Waals surface area contributed by atoms with Gasteiger partial charge in [0.25, 0.3) is 5.56 Å². The molecule has 0 aliphatic carbocycles. The fourth-order valence-electron chi connectivity index (χ4n) is 3.55. The molecule has 1 saturated heterocycles. The van der Waals surface area contributed by atoms with Gasteiger partial charge in [0, 0.05) is 38.1 Å². The predicted octanol–water partition coefficient (Wildman–Crippen LogP) is 3.22. The van der Waals surface area contributed by atoms with Crippen LogP contribution in [0.3, 0.4) is 0 Å². The van der Waals surface area contributed by atoms with Crippen molar-refractivity contribution < 1.29 is 12.8 Å². The van der Waals surface area contributed by atoms with Gasteiger partial charge in [-0.15, -0.1) is 0 Å². The van der Waals surface area contributed by atoms with Gasteiger partial charge in [-0.25, -0.2) is 13.4 Å². The third kappa shape index (κ3) is 6.50. The Hall–Kier alpha value is -2.78. The maximum atomic E-state index is 13.4. The number of piperazine rings is 1. The van der Waals surface area contributed by atoms with Crippen LogP contribution in [0, 0.1) is 11.3 Å². The third-order valence-electron chi connectivity index (χ3n) is 6.82. The lowest BCUT2D eigenvalue weighted by Gasteiger charge is -2.35. The van der Waals surface area contributed by atoms with Crippen molar-refractivity contribution in [3.63, 3.8) is 0 Å². The van der Waals surface area contributed by atoms with E-state index in [1.54, 1.807) is 30.5 Å². The fourth-order valence-corrected chi connectivity index (χ4v) is 5.32. The van der Waals surface area contributed by atoms with Crippen molar-refractivity contribution in [2.24, 2.45) is 0 Å². The molecule has 2 heterocycles. The number of benzene rings is 1. The number of anilines is 1. The van der Waals surface area contributed by atoms with Crippen molar-refractivity contribution in [1.29, 1.82) is 5.26 Å². The summed E-state index contributed by atoms with van der Waals surface area (Å²) in [5, 5.41) is 9.22. The summed E-state index contributed by atoms with van der Waals surface area (Å²) in [4.78, 5) is 19.9. The highest BCUT2D eigenvalue weighted by Gasteiger charge is 2.36. The van der Waals surface area contributed by atoms with Crippen molar-refractivity contribution in [1.82, 2.24) is 13.9 Å². The molecule has 1 aliphatic heterocycles. The molecule has 1 fully saturated rings. The van der Waals surface area contributed by atoms with Gasteiger partial charge in [0.15, 0.2) is 14.1 Å². The Labute approximate surface area is 214 Å². The Morgan fingerprint density at radius 3 is 2.28 bits per heavy atom. The van der Waals surface area contributed by atoms with Crippen LogP contribution < -0.4 is 10.5 Å². The molecule has 0 spiro atoms. The highest BCUT2D eigenvalue weighted by atomic mass is 32.2. The summed E-state index contributed by atoms with van der Waals surface area (Å²) in [5.41, 5.74) is 1.39. The Morgan fingerprint density at radius 1 is 1.14 bits per heavy atom. The molecule has 0 atom stereocenters. The third-order valence-corrected chi connectivity index (χ3v) is 12.6. The maximum absolute atomic E-state index is 13.4. The zero-order valence-corrected chi connectivity index (χ0v) is 23.7. The Bertz CT molecular complexity index is 1310. The molecule has 1 aromatic carbocycles. The average Bonchev–Trinajstić information content (AvgIpc) is 2.81. The lowest BCUT2D eigenvalue weighted by Crippen LogP contribution is -2.50. The van der Waals surface area contributed by atoms with E-state index in [4.69, 9.17) is 9.69 Å². The molecule has 11 heteroatoms. The van der Waals surface area contributed by atoms with Gasteiger partial charge in [-0.1, -0.05) is 26.8 Å². The second kappa shape index (κ2) is 10.7. The first-order valence-electron chi connectivity index (χ1n) is 11.9. The smallest absolute Gasteiger partial charge is 0.298 e. The molecule has 0 saturated carbocycles. The molecule has 0 radical (unpaired) electrons. The summed E-state index contributed by atoms with van der Waals surface area (Å²) in [6, 6.07) is 8.85. The van der Waals surface area contributed by atoms with E-state index >= 15 is 0 Å². The molecule has 9 nitrogen and oxygen atoms in total. The maximum Gasteiger partial charge on any atom is 0.298 e. The van der Waals surface area contributed by atoms with Crippen molar-refractivity contribution in [2.75, 3.05) is 43.9 Å². The van der Waals surface area contributed by atoms with E-state index in [-0.39, 0.29) is 29.5 Å². The van der Waals surface area contributed by atoms with Crippen molar-refractivity contribution in [3.8, 4) is 11.8 Å². The molecule has 194 valence electrons. The molecule has 36 heavy (non-hydrogen) atoms. The predicted molar refractivity (Wildman–Crippen MR) is 145 cm³/mol. The summed E-state index contributed by atoms with van der Waals surface area (Å²) in [5.74, 6) is 0.264. The molecule has 1 aromatic heterocycles. The van der Waals surface area contributed by atoms with Crippen LogP contribution in [-0.2, 0) is 14.4 Å². The average molecular weight is 530 g/mol. The number of nitriles is 1. The molecule has 0 amide bonds. The topological polar surface area (TPSA) is 109 Å². The first-order valence-corrected chi connectivity index (χ1v) is 16.6. The molecule has 3 rings (SSSR count).